The number of hydrogen-bond donors (Lipinski definition) is 0. The van der Waals surface area contributed by atoms with Crippen molar-refractivity contribution in [1.29, 1.82) is 0 Å². The molecule has 0 N–H and O–H groups in total. The Morgan fingerprint density at radius 3 is 2.50 bits per heavy atom. The molecule has 0 saturated carbocycles. The Kier molecular flexibility index (Phi) is 5.05. The molecule has 0 aliphatic carbocycles. The molecule has 4 nitrogen and oxygen atoms in total. The molecule has 0 heterocycles. The summed E-state index contributed by atoms with van der Waals surface area (Å²) in [5, 5.41) is 0.197. The summed E-state index contributed by atoms with van der Waals surface area (Å²) in [6, 6.07) is 10.2. The Hall–Kier alpha value is -1.63. The van der Waals surface area contributed by atoms with E-state index in [1.807, 2.05) is 0 Å². The van der Waals surface area contributed by atoms with Gasteiger partial charge in [-0.2, -0.15) is 4.31 Å². The van der Waals surface area contributed by atoms with Gasteiger partial charge in [-0.1, -0.05) is 29.8 Å². The van der Waals surface area contributed by atoms with Crippen LogP contribution in [0.15, 0.2) is 47.4 Å². The minimum Gasteiger partial charge on any atom is -0.495 e. The van der Waals surface area contributed by atoms with Gasteiger partial charge in [-0.15, -0.1) is 0 Å². The van der Waals surface area contributed by atoms with E-state index in [1.54, 1.807) is 18.2 Å². The molecule has 0 radical (unpaired) electrons. The summed E-state index contributed by atoms with van der Waals surface area (Å²) in [4.78, 5) is 0.0251. The van der Waals surface area contributed by atoms with Crippen molar-refractivity contribution in [2.24, 2.45) is 0 Å². The largest absolute Gasteiger partial charge is 0.495 e. The fraction of sp³-hybridized carbons (Fsp3) is 0.200. The van der Waals surface area contributed by atoms with E-state index in [0.717, 1.165) is 4.31 Å². The van der Waals surface area contributed by atoms with Gasteiger partial charge in [0.1, 0.15) is 11.6 Å². The lowest BCUT2D eigenvalue weighted by Crippen LogP contribution is -2.26. The topological polar surface area (TPSA) is 46.6 Å². The average Bonchev–Trinajstić information content (AvgIpc) is 2.49. The lowest BCUT2D eigenvalue weighted by atomic mass is 10.2. The Labute approximate surface area is 134 Å². The van der Waals surface area contributed by atoms with Crippen LogP contribution in [0, 0.1) is 5.82 Å². The number of methoxy groups -OCH3 is 1. The van der Waals surface area contributed by atoms with E-state index < -0.39 is 15.8 Å². The third-order valence-corrected chi connectivity index (χ3v) is 5.28. The van der Waals surface area contributed by atoms with Crippen LogP contribution in [0.5, 0.6) is 5.75 Å². The van der Waals surface area contributed by atoms with Gasteiger partial charge in [-0.3, -0.25) is 0 Å². The van der Waals surface area contributed by atoms with E-state index in [9.17, 15) is 12.8 Å². The predicted molar refractivity (Wildman–Crippen MR) is 83.1 cm³/mol. The monoisotopic (exact) mass is 343 g/mol. The van der Waals surface area contributed by atoms with Crippen molar-refractivity contribution in [3.05, 3.63) is 58.9 Å². The molecule has 2 rings (SSSR count). The van der Waals surface area contributed by atoms with Crippen molar-refractivity contribution in [2.45, 2.75) is 11.4 Å². The van der Waals surface area contributed by atoms with E-state index in [-0.39, 0.29) is 16.5 Å². The summed E-state index contributed by atoms with van der Waals surface area (Å²) in [6.07, 6.45) is 0. The molecule has 0 saturated heterocycles. The quantitative estimate of drug-likeness (QED) is 0.836. The number of rotatable bonds is 5. The van der Waals surface area contributed by atoms with E-state index >= 15 is 0 Å². The molecule has 0 atom stereocenters. The Morgan fingerprint density at radius 1 is 1.23 bits per heavy atom. The minimum atomic E-state index is -3.77. The normalized spacial score (nSPS) is 11.7. The lowest BCUT2D eigenvalue weighted by molar-refractivity contribution is 0.414. The Bertz CT molecular complexity index is 780. The molecular weight excluding hydrogens is 329 g/mol. The van der Waals surface area contributed by atoms with Crippen molar-refractivity contribution < 1.29 is 17.5 Å². The summed E-state index contributed by atoms with van der Waals surface area (Å²) in [5.41, 5.74) is 0.299. The maximum Gasteiger partial charge on any atom is 0.243 e. The van der Waals surface area contributed by atoms with Crippen molar-refractivity contribution in [3.8, 4) is 5.75 Å². The second-order valence-corrected chi connectivity index (χ2v) is 7.10. The zero-order valence-corrected chi connectivity index (χ0v) is 13.7. The fourth-order valence-electron chi connectivity index (χ4n) is 1.94. The van der Waals surface area contributed by atoms with Crippen molar-refractivity contribution >= 4 is 21.6 Å². The number of hydrogen-bond acceptors (Lipinski definition) is 3. The summed E-state index contributed by atoms with van der Waals surface area (Å²) >= 11 is 5.96. The van der Waals surface area contributed by atoms with Gasteiger partial charge in [0.2, 0.25) is 10.0 Å². The zero-order valence-electron chi connectivity index (χ0n) is 12.1. The smallest absolute Gasteiger partial charge is 0.243 e. The van der Waals surface area contributed by atoms with Gasteiger partial charge >= 0.3 is 0 Å². The van der Waals surface area contributed by atoms with Crippen LogP contribution in [0.1, 0.15) is 5.56 Å². The number of benzene rings is 2. The SMILES string of the molecule is COc1ccc(S(=O)(=O)N(C)Cc2ccccc2F)cc1Cl. The van der Waals surface area contributed by atoms with Gasteiger partial charge in [0.15, 0.2) is 0 Å². The molecule has 7 heteroatoms. The number of nitrogens with zero attached hydrogens (tertiary/aromatic N) is 1. The molecule has 0 aliphatic heterocycles. The molecule has 0 spiro atoms. The molecule has 0 aliphatic rings. The first-order chi connectivity index (χ1) is 10.4. The summed E-state index contributed by atoms with van der Waals surface area (Å²) in [6.45, 7) is -0.0708. The first kappa shape index (κ1) is 16.7. The van der Waals surface area contributed by atoms with Gasteiger partial charge < -0.3 is 4.74 Å². The Balaban J connectivity index is 2.30. The van der Waals surface area contributed by atoms with Crippen molar-refractivity contribution in [1.82, 2.24) is 4.31 Å². The van der Waals surface area contributed by atoms with Gasteiger partial charge in [-0.05, 0) is 24.3 Å². The number of ether oxygens (including phenoxy) is 1. The Morgan fingerprint density at radius 2 is 1.91 bits per heavy atom. The molecular formula is C15H15ClFNO3S. The lowest BCUT2D eigenvalue weighted by Gasteiger charge is -2.18. The van der Waals surface area contributed by atoms with Crippen LogP contribution in [0.25, 0.3) is 0 Å². The first-order valence-electron chi connectivity index (χ1n) is 6.39. The van der Waals surface area contributed by atoms with E-state index in [0.29, 0.717) is 11.3 Å². The van der Waals surface area contributed by atoms with Crippen LogP contribution in [0.2, 0.25) is 5.02 Å². The molecule has 0 bridgehead atoms. The second-order valence-electron chi connectivity index (χ2n) is 4.65. The third kappa shape index (κ3) is 3.40. The summed E-state index contributed by atoms with van der Waals surface area (Å²) in [5.74, 6) is -0.0605. The van der Waals surface area contributed by atoms with Gasteiger partial charge in [-0.25, -0.2) is 12.8 Å². The standard InChI is InChI=1S/C15H15ClFNO3S/c1-18(10-11-5-3-4-6-14(11)17)22(19,20)12-7-8-15(21-2)13(16)9-12/h3-9H,10H2,1-2H3. The van der Waals surface area contributed by atoms with Crippen LogP contribution < -0.4 is 4.74 Å². The zero-order chi connectivity index (χ0) is 16.3. The predicted octanol–water partition coefficient (Wildman–Crippen LogP) is 3.31. The molecule has 118 valence electrons. The molecule has 0 fully saturated rings. The van der Waals surface area contributed by atoms with Crippen LogP contribution in [-0.4, -0.2) is 26.9 Å². The molecule has 2 aromatic rings. The van der Waals surface area contributed by atoms with Gasteiger partial charge in [0.05, 0.1) is 17.0 Å². The van der Waals surface area contributed by atoms with Crippen LogP contribution in [0.4, 0.5) is 4.39 Å². The van der Waals surface area contributed by atoms with E-state index in [2.05, 4.69) is 0 Å². The van der Waals surface area contributed by atoms with Crippen molar-refractivity contribution in [2.75, 3.05) is 14.2 Å². The molecule has 2 aromatic carbocycles. The van der Waals surface area contributed by atoms with Crippen molar-refractivity contribution in [3.63, 3.8) is 0 Å². The highest BCUT2D eigenvalue weighted by Gasteiger charge is 2.22. The van der Waals surface area contributed by atoms with E-state index in [4.69, 9.17) is 16.3 Å². The molecule has 0 amide bonds. The minimum absolute atomic E-state index is 0.0251. The average molecular weight is 344 g/mol. The summed E-state index contributed by atoms with van der Waals surface area (Å²) in [7, 11) is -0.942. The maximum absolute atomic E-state index is 13.6. The van der Waals surface area contributed by atoms with Crippen LogP contribution in [-0.2, 0) is 16.6 Å². The van der Waals surface area contributed by atoms with Gasteiger partial charge in [0.25, 0.3) is 0 Å². The third-order valence-electron chi connectivity index (χ3n) is 3.18. The highest BCUT2D eigenvalue weighted by molar-refractivity contribution is 7.89. The highest BCUT2D eigenvalue weighted by atomic mass is 35.5. The maximum atomic E-state index is 13.6. The molecule has 22 heavy (non-hydrogen) atoms. The number of halogens is 2. The number of sulfonamides is 1. The van der Waals surface area contributed by atoms with Gasteiger partial charge in [0, 0.05) is 19.2 Å². The molecule has 0 unspecified atom stereocenters. The second kappa shape index (κ2) is 6.64. The fourth-order valence-corrected chi connectivity index (χ4v) is 3.44. The first-order valence-corrected chi connectivity index (χ1v) is 8.21. The van der Waals surface area contributed by atoms with Crippen LogP contribution >= 0.6 is 11.6 Å². The van der Waals surface area contributed by atoms with Crippen LogP contribution in [0.3, 0.4) is 0 Å². The summed E-state index contributed by atoms with van der Waals surface area (Å²) < 4.78 is 44.7. The molecule has 0 aromatic heterocycles. The van der Waals surface area contributed by atoms with E-state index in [1.165, 1.54) is 38.4 Å². The highest BCUT2D eigenvalue weighted by Crippen LogP contribution is 2.28.